The summed E-state index contributed by atoms with van der Waals surface area (Å²) in [5.74, 6) is -0.141. The van der Waals surface area contributed by atoms with Gasteiger partial charge in [-0.25, -0.2) is 4.79 Å². The number of hydrogen-bond acceptors (Lipinski definition) is 4. The molecular weight excluding hydrogens is 342 g/mol. The van der Waals surface area contributed by atoms with Crippen molar-refractivity contribution in [1.29, 1.82) is 0 Å². The van der Waals surface area contributed by atoms with Crippen LogP contribution in [-0.4, -0.2) is 29.4 Å². The van der Waals surface area contributed by atoms with Crippen LogP contribution in [0.1, 0.15) is 34.8 Å². The Hall–Kier alpha value is -3.08. The molecule has 0 spiro atoms. The van der Waals surface area contributed by atoms with E-state index in [4.69, 9.17) is 9.47 Å². The Labute approximate surface area is 157 Å². The molecule has 1 aliphatic carbocycles. The largest absolute Gasteiger partial charge is 0.482 e. The number of H-pyrrole nitrogens is 1. The molecule has 1 atom stereocenters. The molecule has 1 aromatic heterocycles. The minimum absolute atomic E-state index is 0.218. The van der Waals surface area contributed by atoms with E-state index in [-0.39, 0.29) is 12.4 Å². The van der Waals surface area contributed by atoms with Crippen LogP contribution in [0.4, 0.5) is 0 Å². The van der Waals surface area contributed by atoms with Gasteiger partial charge in [-0.15, -0.1) is 0 Å². The van der Waals surface area contributed by atoms with Crippen LogP contribution in [0.25, 0.3) is 10.9 Å². The third kappa shape index (κ3) is 3.58. The average Bonchev–Trinajstić information content (AvgIpc) is 3.32. The zero-order chi connectivity index (χ0) is 18.8. The maximum atomic E-state index is 12.6. The number of rotatable bonds is 6. The molecule has 0 saturated carbocycles. The first-order chi connectivity index (χ1) is 13.1. The predicted molar refractivity (Wildman–Crippen MR) is 102 cm³/mol. The Balaban J connectivity index is 1.35. The summed E-state index contributed by atoms with van der Waals surface area (Å²) in [6.07, 6.45) is 4.09. The lowest BCUT2D eigenvalue weighted by Gasteiger charge is -2.13. The molecule has 0 aliphatic heterocycles. The third-order valence-electron chi connectivity index (χ3n) is 4.96. The fraction of sp³-hybridized carbons (Fsp3) is 0.273. The fourth-order valence-corrected chi connectivity index (χ4v) is 3.56. The zero-order valence-electron chi connectivity index (χ0n) is 15.2. The van der Waals surface area contributed by atoms with E-state index in [9.17, 15) is 9.59 Å². The summed E-state index contributed by atoms with van der Waals surface area (Å²) < 4.78 is 10.8. The number of aromatic nitrogens is 1. The average molecular weight is 363 g/mol. The summed E-state index contributed by atoms with van der Waals surface area (Å²) in [4.78, 5) is 27.8. The Morgan fingerprint density at radius 2 is 1.93 bits per heavy atom. The molecule has 27 heavy (non-hydrogen) atoms. The number of hydrogen-bond donors (Lipinski definition) is 1. The number of ether oxygens (including phenoxy) is 2. The lowest BCUT2D eigenvalue weighted by Crippen LogP contribution is -2.27. The molecule has 138 valence electrons. The van der Waals surface area contributed by atoms with Crippen LogP contribution in [0.5, 0.6) is 5.75 Å². The van der Waals surface area contributed by atoms with Crippen molar-refractivity contribution in [2.45, 2.75) is 32.3 Å². The van der Waals surface area contributed by atoms with Crippen LogP contribution in [0, 0.1) is 0 Å². The molecule has 0 saturated heterocycles. The second kappa shape index (κ2) is 7.27. The summed E-state index contributed by atoms with van der Waals surface area (Å²) in [6, 6.07) is 13.4. The van der Waals surface area contributed by atoms with Gasteiger partial charge in [0.25, 0.3) is 0 Å². The molecule has 3 aromatic rings. The number of fused-ring (bicyclic) bond motifs is 2. The molecule has 1 aliphatic rings. The maximum absolute atomic E-state index is 12.6. The molecule has 5 nitrogen and oxygen atoms in total. The zero-order valence-corrected chi connectivity index (χ0v) is 15.2. The van der Waals surface area contributed by atoms with E-state index >= 15 is 0 Å². The number of carbonyl (C=O) groups excluding carboxylic acids is 2. The quantitative estimate of drug-likeness (QED) is 0.533. The molecule has 0 bridgehead atoms. The molecule has 0 radical (unpaired) electrons. The van der Waals surface area contributed by atoms with Crippen molar-refractivity contribution < 1.29 is 19.1 Å². The molecule has 0 fully saturated rings. The van der Waals surface area contributed by atoms with Gasteiger partial charge >= 0.3 is 5.97 Å². The molecular formula is C22H21NO4. The summed E-state index contributed by atoms with van der Waals surface area (Å²) in [6.45, 7) is 1.36. The number of Topliss-reactive ketones (excluding diaryl/α,β-unsaturated/α-hetero) is 1. The molecule has 1 N–H and O–H groups in total. The number of para-hydroxylation sites is 1. The van der Waals surface area contributed by atoms with Gasteiger partial charge in [0.15, 0.2) is 12.7 Å². The van der Waals surface area contributed by atoms with Gasteiger partial charge < -0.3 is 14.5 Å². The number of carbonyl (C=O) groups is 2. The van der Waals surface area contributed by atoms with E-state index in [1.54, 1.807) is 13.1 Å². The van der Waals surface area contributed by atoms with Crippen LogP contribution < -0.4 is 4.74 Å². The summed E-state index contributed by atoms with van der Waals surface area (Å²) >= 11 is 0. The second-order valence-corrected chi connectivity index (χ2v) is 6.82. The highest BCUT2D eigenvalue weighted by atomic mass is 16.6. The smallest absolute Gasteiger partial charge is 0.344 e. The topological polar surface area (TPSA) is 68.4 Å². The van der Waals surface area contributed by atoms with E-state index < -0.39 is 12.1 Å². The Kier molecular flexibility index (Phi) is 4.67. The minimum Gasteiger partial charge on any atom is -0.482 e. The highest BCUT2D eigenvalue weighted by molar-refractivity contribution is 6.10. The van der Waals surface area contributed by atoms with Gasteiger partial charge in [0, 0.05) is 22.7 Å². The van der Waals surface area contributed by atoms with Gasteiger partial charge in [-0.1, -0.05) is 24.3 Å². The lowest BCUT2D eigenvalue weighted by atomic mass is 10.1. The minimum atomic E-state index is -0.875. The standard InChI is InChI=1S/C22H21NO4/c1-14(22(25)19-12-23-20-8-3-2-7-18(19)20)27-21(24)13-26-17-10-9-15-5-4-6-16(15)11-17/h2-3,7-12,14,23H,4-6,13H2,1H3/t14-/m0/s1. The molecule has 1 heterocycles. The number of aromatic amines is 1. The summed E-state index contributed by atoms with van der Waals surface area (Å²) in [7, 11) is 0. The Bertz CT molecular complexity index is 1000. The molecule has 0 amide bonds. The van der Waals surface area contributed by atoms with Gasteiger partial charge in [-0.05, 0) is 55.5 Å². The summed E-state index contributed by atoms with van der Waals surface area (Å²) in [5.41, 5.74) is 4.02. The van der Waals surface area contributed by atoms with Crippen LogP contribution in [0.2, 0.25) is 0 Å². The van der Waals surface area contributed by atoms with E-state index in [1.807, 2.05) is 42.5 Å². The number of esters is 1. The van der Waals surface area contributed by atoms with Crippen LogP contribution in [0.3, 0.4) is 0 Å². The second-order valence-electron chi connectivity index (χ2n) is 6.82. The van der Waals surface area contributed by atoms with Gasteiger partial charge in [0.05, 0.1) is 0 Å². The number of nitrogens with one attached hydrogen (secondary N) is 1. The van der Waals surface area contributed by atoms with Gasteiger partial charge in [-0.3, -0.25) is 4.79 Å². The maximum Gasteiger partial charge on any atom is 0.344 e. The van der Waals surface area contributed by atoms with Crippen LogP contribution in [-0.2, 0) is 22.4 Å². The Morgan fingerprint density at radius 3 is 2.81 bits per heavy atom. The fourth-order valence-electron chi connectivity index (χ4n) is 3.56. The van der Waals surface area contributed by atoms with Gasteiger partial charge in [-0.2, -0.15) is 0 Å². The summed E-state index contributed by atoms with van der Waals surface area (Å²) in [5, 5.41) is 0.819. The monoisotopic (exact) mass is 363 g/mol. The van der Waals surface area contributed by atoms with Crippen molar-refractivity contribution in [2.24, 2.45) is 0 Å². The molecule has 0 unspecified atom stereocenters. The van der Waals surface area contributed by atoms with Crippen LogP contribution >= 0.6 is 0 Å². The van der Waals surface area contributed by atoms with Gasteiger partial charge in [0.1, 0.15) is 5.75 Å². The normalized spacial score (nSPS) is 14.0. The van der Waals surface area contributed by atoms with Crippen molar-refractivity contribution >= 4 is 22.7 Å². The van der Waals surface area contributed by atoms with Crippen molar-refractivity contribution in [2.75, 3.05) is 6.61 Å². The molecule has 4 rings (SSSR count). The number of benzene rings is 2. The van der Waals surface area contributed by atoms with Crippen molar-refractivity contribution in [3.05, 3.63) is 65.4 Å². The van der Waals surface area contributed by atoms with Crippen LogP contribution in [0.15, 0.2) is 48.7 Å². The van der Waals surface area contributed by atoms with Crippen molar-refractivity contribution in [3.8, 4) is 5.75 Å². The first kappa shape index (κ1) is 17.3. The van der Waals surface area contributed by atoms with E-state index in [1.165, 1.54) is 11.1 Å². The molecule has 5 heteroatoms. The van der Waals surface area contributed by atoms with Crippen molar-refractivity contribution in [1.82, 2.24) is 4.98 Å². The van der Waals surface area contributed by atoms with E-state index in [0.717, 1.165) is 30.2 Å². The van der Waals surface area contributed by atoms with E-state index in [2.05, 4.69) is 4.98 Å². The van der Waals surface area contributed by atoms with E-state index in [0.29, 0.717) is 11.3 Å². The third-order valence-corrected chi connectivity index (χ3v) is 4.96. The lowest BCUT2D eigenvalue weighted by molar-refractivity contribution is -0.148. The van der Waals surface area contributed by atoms with Gasteiger partial charge in [0.2, 0.25) is 5.78 Å². The Morgan fingerprint density at radius 1 is 1.11 bits per heavy atom. The SMILES string of the molecule is C[C@H](OC(=O)COc1ccc2c(c1)CCC2)C(=O)c1c[nH]c2ccccc12. The number of ketones is 1. The van der Waals surface area contributed by atoms with Crippen molar-refractivity contribution in [3.63, 3.8) is 0 Å². The first-order valence-corrected chi connectivity index (χ1v) is 9.16. The number of aryl methyl sites for hydroxylation is 2. The highest BCUT2D eigenvalue weighted by Gasteiger charge is 2.22. The predicted octanol–water partition coefficient (Wildman–Crippen LogP) is 3.85. The first-order valence-electron chi connectivity index (χ1n) is 9.16. The highest BCUT2D eigenvalue weighted by Crippen LogP contribution is 2.26. The molecule has 2 aromatic carbocycles.